The molecule has 1 aliphatic carbocycles. The summed E-state index contributed by atoms with van der Waals surface area (Å²) in [5.74, 6) is -0.154. The number of aliphatic hydroxyl groups excluding tert-OH is 1. The average Bonchev–Trinajstić information content (AvgIpc) is 2.92. The third-order valence-corrected chi connectivity index (χ3v) is 4.19. The molecule has 0 spiro atoms. The van der Waals surface area contributed by atoms with Crippen LogP contribution in [0.3, 0.4) is 0 Å². The molecule has 3 rings (SSSR count). The topological polar surface area (TPSA) is 73.7 Å². The number of hydrogen-bond acceptors (Lipinski definition) is 4. The first-order chi connectivity index (χ1) is 8.66. The maximum Gasteiger partial charge on any atom is 0.337 e. The predicted octanol–water partition coefficient (Wildman–Crippen LogP) is 0.987. The number of carbonyl (C=O) groups is 1. The molecule has 5 nitrogen and oxygen atoms in total. The van der Waals surface area contributed by atoms with Gasteiger partial charge in [0.15, 0.2) is 0 Å². The number of rotatable bonds is 2. The van der Waals surface area contributed by atoms with Gasteiger partial charge in [-0.3, -0.25) is 4.98 Å². The molecule has 1 aromatic heterocycles. The van der Waals surface area contributed by atoms with Crippen molar-refractivity contribution < 1.29 is 15.0 Å². The zero-order valence-electron chi connectivity index (χ0n) is 9.99. The molecule has 0 amide bonds. The van der Waals surface area contributed by atoms with Crippen molar-refractivity contribution in [1.82, 2.24) is 4.98 Å². The molecule has 5 heteroatoms. The Bertz CT molecular complexity index is 477. The second-order valence-electron chi connectivity index (χ2n) is 5.17. The molecule has 96 valence electrons. The van der Waals surface area contributed by atoms with E-state index in [2.05, 4.69) is 4.98 Å². The second-order valence-corrected chi connectivity index (χ2v) is 5.17. The number of carboxylic acids is 1. The molecule has 1 aliphatic heterocycles. The maximum absolute atomic E-state index is 11.2. The fourth-order valence-electron chi connectivity index (χ4n) is 3.25. The van der Waals surface area contributed by atoms with Crippen LogP contribution >= 0.6 is 0 Å². The predicted molar refractivity (Wildman–Crippen MR) is 65.6 cm³/mol. The van der Waals surface area contributed by atoms with E-state index in [1.165, 1.54) is 12.3 Å². The summed E-state index contributed by atoms with van der Waals surface area (Å²) >= 11 is 0. The maximum atomic E-state index is 11.2. The van der Waals surface area contributed by atoms with Crippen molar-refractivity contribution in [3.8, 4) is 0 Å². The number of fused-ring (bicyclic) bond motifs is 1. The molecule has 0 radical (unpaired) electrons. The third-order valence-electron chi connectivity index (χ3n) is 4.19. The van der Waals surface area contributed by atoms with E-state index in [-0.39, 0.29) is 12.0 Å². The summed E-state index contributed by atoms with van der Waals surface area (Å²) < 4.78 is 0. The summed E-state index contributed by atoms with van der Waals surface area (Å²) in [7, 11) is 0. The van der Waals surface area contributed by atoms with Gasteiger partial charge in [-0.1, -0.05) is 0 Å². The SMILES string of the molecule is O=C(O)c1ccncc1N1CC2CCC(O)C2C1. The van der Waals surface area contributed by atoms with E-state index in [1.54, 1.807) is 6.20 Å². The normalized spacial score (nSPS) is 30.5. The second kappa shape index (κ2) is 4.24. The number of aromatic nitrogens is 1. The lowest BCUT2D eigenvalue weighted by Gasteiger charge is -2.21. The molecular formula is C13H16N2O3. The molecule has 2 heterocycles. The van der Waals surface area contributed by atoms with Crippen molar-refractivity contribution in [1.29, 1.82) is 0 Å². The Morgan fingerprint density at radius 3 is 2.94 bits per heavy atom. The molecule has 3 atom stereocenters. The largest absolute Gasteiger partial charge is 0.478 e. The summed E-state index contributed by atoms with van der Waals surface area (Å²) in [5, 5.41) is 19.1. The van der Waals surface area contributed by atoms with Crippen LogP contribution in [-0.2, 0) is 0 Å². The summed E-state index contributed by atoms with van der Waals surface area (Å²) in [4.78, 5) is 17.3. The number of aliphatic hydroxyl groups is 1. The monoisotopic (exact) mass is 248 g/mol. The van der Waals surface area contributed by atoms with Gasteiger partial charge >= 0.3 is 5.97 Å². The summed E-state index contributed by atoms with van der Waals surface area (Å²) in [6.07, 6.45) is 4.78. The van der Waals surface area contributed by atoms with Crippen LogP contribution in [0.1, 0.15) is 23.2 Å². The molecule has 0 aromatic carbocycles. The molecular weight excluding hydrogens is 232 g/mol. The molecule has 1 aromatic rings. The molecule has 1 saturated carbocycles. The first-order valence-corrected chi connectivity index (χ1v) is 6.27. The first kappa shape index (κ1) is 11.5. The third kappa shape index (κ3) is 1.75. The Balaban J connectivity index is 1.87. The molecule has 3 unspecified atom stereocenters. The Kier molecular flexibility index (Phi) is 2.70. The van der Waals surface area contributed by atoms with Crippen LogP contribution in [-0.4, -0.2) is 40.4 Å². The Morgan fingerprint density at radius 1 is 1.39 bits per heavy atom. The van der Waals surface area contributed by atoms with E-state index < -0.39 is 5.97 Å². The zero-order chi connectivity index (χ0) is 12.7. The van der Waals surface area contributed by atoms with Crippen LogP contribution in [0.5, 0.6) is 0 Å². The van der Waals surface area contributed by atoms with Gasteiger partial charge in [0.2, 0.25) is 0 Å². The highest BCUT2D eigenvalue weighted by molar-refractivity contribution is 5.94. The number of hydrogen-bond donors (Lipinski definition) is 2. The van der Waals surface area contributed by atoms with Crippen molar-refractivity contribution >= 4 is 11.7 Å². The van der Waals surface area contributed by atoms with Crippen molar-refractivity contribution in [3.63, 3.8) is 0 Å². The molecule has 2 aliphatic rings. The fourth-order valence-corrected chi connectivity index (χ4v) is 3.25. The highest BCUT2D eigenvalue weighted by atomic mass is 16.4. The lowest BCUT2D eigenvalue weighted by atomic mass is 10.00. The molecule has 2 N–H and O–H groups in total. The summed E-state index contributed by atoms with van der Waals surface area (Å²) in [5.41, 5.74) is 0.964. The van der Waals surface area contributed by atoms with Gasteiger partial charge in [0.25, 0.3) is 0 Å². The van der Waals surface area contributed by atoms with Gasteiger partial charge in [0.05, 0.1) is 23.6 Å². The van der Waals surface area contributed by atoms with Gasteiger partial charge in [0, 0.05) is 25.2 Å². The number of nitrogens with zero attached hydrogens (tertiary/aromatic N) is 2. The van der Waals surface area contributed by atoms with Crippen molar-refractivity contribution in [3.05, 3.63) is 24.0 Å². The van der Waals surface area contributed by atoms with Crippen LogP contribution in [0.15, 0.2) is 18.5 Å². The van der Waals surface area contributed by atoms with Crippen LogP contribution in [0.2, 0.25) is 0 Å². The van der Waals surface area contributed by atoms with Gasteiger partial charge in [-0.05, 0) is 24.8 Å². The minimum Gasteiger partial charge on any atom is -0.478 e. The Hall–Kier alpha value is -1.62. The summed E-state index contributed by atoms with van der Waals surface area (Å²) in [6, 6.07) is 1.53. The molecule has 1 saturated heterocycles. The van der Waals surface area contributed by atoms with E-state index in [9.17, 15) is 15.0 Å². The standard InChI is InChI=1S/C13H16N2O3/c16-12-2-1-8-6-15(7-10(8)12)11-5-14-4-3-9(11)13(17)18/h3-5,8,10,12,16H,1-2,6-7H2,(H,17,18). The lowest BCUT2D eigenvalue weighted by Crippen LogP contribution is -2.26. The highest BCUT2D eigenvalue weighted by Crippen LogP contribution is 2.40. The van der Waals surface area contributed by atoms with Crippen molar-refractivity contribution in [2.24, 2.45) is 11.8 Å². The first-order valence-electron chi connectivity index (χ1n) is 6.27. The molecule has 2 fully saturated rings. The van der Waals surface area contributed by atoms with E-state index >= 15 is 0 Å². The van der Waals surface area contributed by atoms with Gasteiger partial charge in [-0.25, -0.2) is 4.79 Å². The minimum atomic E-state index is -0.926. The van der Waals surface area contributed by atoms with Gasteiger partial charge < -0.3 is 15.1 Å². The molecule has 0 bridgehead atoms. The smallest absolute Gasteiger partial charge is 0.337 e. The number of carboxylic acid groups (broad SMARTS) is 1. The van der Waals surface area contributed by atoms with Crippen molar-refractivity contribution in [2.75, 3.05) is 18.0 Å². The minimum absolute atomic E-state index is 0.232. The highest BCUT2D eigenvalue weighted by Gasteiger charge is 2.42. The fraction of sp³-hybridized carbons (Fsp3) is 0.538. The Morgan fingerprint density at radius 2 is 2.22 bits per heavy atom. The van der Waals surface area contributed by atoms with Crippen molar-refractivity contribution in [2.45, 2.75) is 18.9 Å². The van der Waals surface area contributed by atoms with E-state index in [4.69, 9.17) is 0 Å². The number of pyridine rings is 1. The van der Waals surface area contributed by atoms with E-state index in [0.29, 0.717) is 17.2 Å². The van der Waals surface area contributed by atoms with E-state index in [1.807, 2.05) is 4.90 Å². The van der Waals surface area contributed by atoms with Crippen LogP contribution in [0.4, 0.5) is 5.69 Å². The molecule has 18 heavy (non-hydrogen) atoms. The number of aromatic carboxylic acids is 1. The quantitative estimate of drug-likeness (QED) is 0.816. The van der Waals surface area contributed by atoms with Crippen LogP contribution in [0.25, 0.3) is 0 Å². The average molecular weight is 248 g/mol. The van der Waals surface area contributed by atoms with Gasteiger partial charge in [-0.15, -0.1) is 0 Å². The van der Waals surface area contributed by atoms with Gasteiger partial charge in [0.1, 0.15) is 0 Å². The van der Waals surface area contributed by atoms with Gasteiger partial charge in [-0.2, -0.15) is 0 Å². The van der Waals surface area contributed by atoms with Crippen LogP contribution in [0, 0.1) is 11.8 Å². The lowest BCUT2D eigenvalue weighted by molar-refractivity contribution is 0.0697. The zero-order valence-corrected chi connectivity index (χ0v) is 9.99. The van der Waals surface area contributed by atoms with Crippen LogP contribution < -0.4 is 4.90 Å². The summed E-state index contributed by atoms with van der Waals surface area (Å²) in [6.45, 7) is 1.56. The number of anilines is 1. The van der Waals surface area contributed by atoms with E-state index in [0.717, 1.165) is 25.9 Å². The Labute approximate surface area is 105 Å².